The van der Waals surface area contributed by atoms with Crippen LogP contribution in [0.5, 0.6) is 0 Å². The Bertz CT molecular complexity index is 368. The summed E-state index contributed by atoms with van der Waals surface area (Å²) in [6.07, 6.45) is 2.50. The lowest BCUT2D eigenvalue weighted by Gasteiger charge is -2.15. The zero-order chi connectivity index (χ0) is 13.5. The molecule has 0 aromatic carbocycles. The molecule has 0 bridgehead atoms. The third-order valence-electron chi connectivity index (χ3n) is 3.12. The van der Waals surface area contributed by atoms with Crippen LogP contribution in [-0.2, 0) is 11.2 Å². The van der Waals surface area contributed by atoms with Gasteiger partial charge in [-0.05, 0) is 33.1 Å². The molecule has 0 aliphatic heterocycles. The Morgan fingerprint density at radius 2 is 2.22 bits per heavy atom. The lowest BCUT2D eigenvalue weighted by atomic mass is 10.1. The van der Waals surface area contributed by atoms with Gasteiger partial charge in [-0.25, -0.2) is 0 Å². The number of aliphatic hydroxyl groups is 1. The summed E-state index contributed by atoms with van der Waals surface area (Å²) in [5, 5.41) is 15.6. The molecule has 1 amide bonds. The third kappa shape index (κ3) is 4.14. The first kappa shape index (κ1) is 14.7. The zero-order valence-corrected chi connectivity index (χ0v) is 11.3. The molecule has 1 aromatic rings. The Balaban J connectivity index is 2.41. The van der Waals surface area contributed by atoms with Crippen molar-refractivity contribution in [3.05, 3.63) is 17.0 Å². The average molecular weight is 254 g/mol. The number of nitrogens with one attached hydrogen (secondary N) is 1. The van der Waals surface area contributed by atoms with Crippen LogP contribution in [0.25, 0.3) is 0 Å². The van der Waals surface area contributed by atoms with Crippen LogP contribution in [0.15, 0.2) is 4.52 Å². The molecule has 1 unspecified atom stereocenters. The molecule has 1 aromatic heterocycles. The van der Waals surface area contributed by atoms with Crippen molar-refractivity contribution in [3.63, 3.8) is 0 Å². The number of nitrogens with zero attached hydrogens (tertiary/aromatic N) is 1. The van der Waals surface area contributed by atoms with Gasteiger partial charge in [-0.2, -0.15) is 0 Å². The second-order valence-corrected chi connectivity index (χ2v) is 4.49. The van der Waals surface area contributed by atoms with Crippen LogP contribution in [0.1, 0.15) is 43.2 Å². The number of aliphatic hydroxyl groups excluding tert-OH is 1. The van der Waals surface area contributed by atoms with Crippen molar-refractivity contribution in [1.29, 1.82) is 0 Å². The molecule has 18 heavy (non-hydrogen) atoms. The molecule has 2 N–H and O–H groups in total. The molecule has 5 heteroatoms. The van der Waals surface area contributed by atoms with Crippen molar-refractivity contribution in [3.8, 4) is 0 Å². The highest BCUT2D eigenvalue weighted by Gasteiger charge is 2.13. The predicted molar refractivity (Wildman–Crippen MR) is 68.2 cm³/mol. The second-order valence-electron chi connectivity index (χ2n) is 4.49. The highest BCUT2D eigenvalue weighted by molar-refractivity contribution is 5.76. The molecule has 0 radical (unpaired) electrons. The Labute approximate surface area is 108 Å². The van der Waals surface area contributed by atoms with Gasteiger partial charge in [-0.1, -0.05) is 12.1 Å². The van der Waals surface area contributed by atoms with E-state index >= 15 is 0 Å². The molecule has 0 fully saturated rings. The molecule has 0 saturated carbocycles. The molecule has 0 saturated heterocycles. The van der Waals surface area contributed by atoms with Gasteiger partial charge in [-0.15, -0.1) is 0 Å². The SMILES string of the molecule is CCC(CCO)NC(=O)CCc1c(C)noc1C. The Morgan fingerprint density at radius 1 is 1.50 bits per heavy atom. The van der Waals surface area contributed by atoms with Gasteiger partial charge in [0, 0.05) is 24.6 Å². The molecule has 0 aliphatic rings. The third-order valence-corrected chi connectivity index (χ3v) is 3.12. The van der Waals surface area contributed by atoms with E-state index in [1.54, 1.807) is 0 Å². The average Bonchev–Trinajstić information content (AvgIpc) is 2.66. The summed E-state index contributed by atoms with van der Waals surface area (Å²) in [7, 11) is 0. The number of carbonyl (C=O) groups excluding carboxylic acids is 1. The van der Waals surface area contributed by atoms with E-state index < -0.39 is 0 Å². The molecule has 0 spiro atoms. The number of carbonyl (C=O) groups is 1. The van der Waals surface area contributed by atoms with Crippen LogP contribution in [-0.4, -0.2) is 28.8 Å². The van der Waals surface area contributed by atoms with Crippen LogP contribution in [0.3, 0.4) is 0 Å². The second kappa shape index (κ2) is 7.16. The van der Waals surface area contributed by atoms with Crippen molar-refractivity contribution in [2.45, 2.75) is 52.5 Å². The van der Waals surface area contributed by atoms with Crippen molar-refractivity contribution in [2.24, 2.45) is 0 Å². The van der Waals surface area contributed by atoms with Gasteiger partial charge in [0.1, 0.15) is 5.76 Å². The highest BCUT2D eigenvalue weighted by atomic mass is 16.5. The van der Waals surface area contributed by atoms with Gasteiger partial charge >= 0.3 is 0 Å². The molecule has 0 aliphatic carbocycles. The molecule has 1 heterocycles. The molecule has 5 nitrogen and oxygen atoms in total. The summed E-state index contributed by atoms with van der Waals surface area (Å²) in [4.78, 5) is 11.8. The van der Waals surface area contributed by atoms with E-state index in [9.17, 15) is 4.79 Å². The maximum absolute atomic E-state index is 11.8. The van der Waals surface area contributed by atoms with Crippen molar-refractivity contribution in [1.82, 2.24) is 10.5 Å². The van der Waals surface area contributed by atoms with E-state index in [4.69, 9.17) is 9.63 Å². The monoisotopic (exact) mass is 254 g/mol. The van der Waals surface area contributed by atoms with Crippen LogP contribution in [0.4, 0.5) is 0 Å². The topological polar surface area (TPSA) is 75.4 Å². The van der Waals surface area contributed by atoms with Crippen molar-refractivity contribution < 1.29 is 14.4 Å². The first-order valence-electron chi connectivity index (χ1n) is 6.40. The van der Waals surface area contributed by atoms with Gasteiger partial charge in [0.2, 0.25) is 5.91 Å². The van der Waals surface area contributed by atoms with Gasteiger partial charge in [0.05, 0.1) is 5.69 Å². The fourth-order valence-corrected chi connectivity index (χ4v) is 1.93. The Kier molecular flexibility index (Phi) is 5.85. The Morgan fingerprint density at radius 3 is 2.72 bits per heavy atom. The maximum Gasteiger partial charge on any atom is 0.220 e. The number of amides is 1. The van der Waals surface area contributed by atoms with Gasteiger partial charge in [0.25, 0.3) is 0 Å². The summed E-state index contributed by atoms with van der Waals surface area (Å²) in [6, 6.07) is 0.0622. The minimum Gasteiger partial charge on any atom is -0.396 e. The van der Waals surface area contributed by atoms with Crippen LogP contribution in [0.2, 0.25) is 0 Å². The molecular formula is C13H22N2O3. The number of rotatable bonds is 7. The number of aryl methyl sites for hydroxylation is 2. The summed E-state index contributed by atoms with van der Waals surface area (Å²) in [5.41, 5.74) is 1.86. The summed E-state index contributed by atoms with van der Waals surface area (Å²) in [6.45, 7) is 5.83. The fourth-order valence-electron chi connectivity index (χ4n) is 1.93. The van der Waals surface area contributed by atoms with Crippen molar-refractivity contribution >= 4 is 5.91 Å². The van der Waals surface area contributed by atoms with Crippen molar-refractivity contribution in [2.75, 3.05) is 6.61 Å². The van der Waals surface area contributed by atoms with Crippen LogP contribution < -0.4 is 5.32 Å². The largest absolute Gasteiger partial charge is 0.396 e. The number of aromatic nitrogens is 1. The summed E-state index contributed by atoms with van der Waals surface area (Å²) in [5.74, 6) is 0.790. The normalized spacial score (nSPS) is 12.4. The minimum absolute atomic E-state index is 0.00954. The lowest BCUT2D eigenvalue weighted by Crippen LogP contribution is -2.35. The first-order chi connectivity index (χ1) is 8.58. The van der Waals surface area contributed by atoms with Gasteiger partial charge in [0.15, 0.2) is 0 Å². The standard InChI is InChI=1S/C13H22N2O3/c1-4-11(7-8-16)14-13(17)6-5-12-9(2)15-18-10(12)3/h11,16H,4-8H2,1-3H3,(H,14,17). The quantitative estimate of drug-likeness (QED) is 0.773. The van der Waals surface area contributed by atoms with Gasteiger partial charge < -0.3 is 14.9 Å². The van der Waals surface area contributed by atoms with Gasteiger partial charge in [-0.3, -0.25) is 4.79 Å². The van der Waals surface area contributed by atoms with Crippen LogP contribution in [0, 0.1) is 13.8 Å². The number of hydrogen-bond donors (Lipinski definition) is 2. The summed E-state index contributed by atoms with van der Waals surface area (Å²) >= 11 is 0. The van der Waals surface area contributed by atoms with E-state index in [1.807, 2.05) is 20.8 Å². The first-order valence-corrected chi connectivity index (χ1v) is 6.40. The van der Waals surface area contributed by atoms with E-state index in [0.29, 0.717) is 19.3 Å². The Hall–Kier alpha value is -1.36. The molecule has 102 valence electrons. The summed E-state index contributed by atoms with van der Waals surface area (Å²) < 4.78 is 5.05. The highest BCUT2D eigenvalue weighted by Crippen LogP contribution is 2.14. The van der Waals surface area contributed by atoms with E-state index in [-0.39, 0.29) is 18.6 Å². The fraction of sp³-hybridized carbons (Fsp3) is 0.692. The zero-order valence-electron chi connectivity index (χ0n) is 11.3. The molecule has 1 atom stereocenters. The van der Waals surface area contributed by atoms with E-state index in [0.717, 1.165) is 23.4 Å². The number of hydrogen-bond acceptors (Lipinski definition) is 4. The van der Waals surface area contributed by atoms with E-state index in [2.05, 4.69) is 10.5 Å². The lowest BCUT2D eigenvalue weighted by molar-refractivity contribution is -0.121. The van der Waals surface area contributed by atoms with Crippen LogP contribution >= 0.6 is 0 Å². The minimum atomic E-state index is 0.00954. The smallest absolute Gasteiger partial charge is 0.220 e. The molecule has 1 rings (SSSR count). The van der Waals surface area contributed by atoms with E-state index in [1.165, 1.54) is 0 Å². The predicted octanol–water partition coefficient (Wildman–Crippen LogP) is 1.50. The molecular weight excluding hydrogens is 232 g/mol. The maximum atomic E-state index is 11.8.